The van der Waals surface area contributed by atoms with E-state index in [9.17, 15) is 64.7 Å². The molecule has 0 aromatic heterocycles. The molecule has 4 saturated carbocycles. The Balaban J connectivity index is 1.31. The van der Waals surface area contributed by atoms with Gasteiger partial charge in [-0.25, -0.2) is 8.78 Å². The lowest BCUT2D eigenvalue weighted by Crippen LogP contribution is -2.65. The standard InChI is InChI=1S/C73H114F8N12O13/c1-12-44(4)61-68(103)87(7)41-58(96)85(5)42-59(97)88(8)53(35-45-25-23-43(3)24-26-45)66(101)86(6)40-56(94)82-51(28-27-46-33-49(74)60(50(75)34-46)73(79,80)81)65(100)93-39-48(106-13-2)36-52(93)64(99)84-71(29-17-18-30-71)70(105)91(11)62(47-21-15-14-16-22-47)69(104)90(10)54(67(102)92-31-19-20-32-92)37-57(95)89(9)55(63(98)83-61)38-72(76,77)78/h43-55,60-62H,12-42H2,1-11H3,(H,82,94)(H,83,98)(H,84,99)/t43?,44-,45?,46?,48+,49?,50?,51-,52-,53-,54-,55-,60?,61-,62-/m0/s1. The van der Waals surface area contributed by atoms with Gasteiger partial charge in [0.05, 0.1) is 38.6 Å². The van der Waals surface area contributed by atoms with Crippen LogP contribution in [0.3, 0.4) is 0 Å². The third kappa shape index (κ3) is 21.7. The molecule has 3 aliphatic heterocycles. The molecule has 0 radical (unpaired) electrons. The summed E-state index contributed by atoms with van der Waals surface area (Å²) in [4.78, 5) is 189. The SMILES string of the molecule is CCO[C@@H]1C[C@H]2C(=O)NC3(CCCC3)C(=O)N(C)[C@@H](C3CCCCC3)C(=O)N(C)[C@H](C(=O)N3CCCC3)CC(=O)N(C)[C@@H](CC(F)(F)F)C(=O)N[C@@H]([C@@H](C)CC)C(=O)N(C)CC(=O)N(C)CC(=O)N(C)[C@@H](CC3CCC(C)CC3)C(=O)N(C)CC(=O)N[C@@H](CCC3CC(F)C(C(F)(F)F)C(F)C3)C(=O)N2C1. The topological polar surface area (TPSA) is 279 Å². The van der Waals surface area contributed by atoms with Crippen LogP contribution in [0, 0.1) is 35.5 Å². The highest BCUT2D eigenvalue weighted by Crippen LogP contribution is 2.45. The van der Waals surface area contributed by atoms with Crippen LogP contribution in [-0.2, 0) is 62.3 Å². The van der Waals surface area contributed by atoms with Gasteiger partial charge in [0.2, 0.25) is 70.9 Å². The van der Waals surface area contributed by atoms with Crippen LogP contribution in [0.2, 0.25) is 0 Å². The fraction of sp³-hybridized carbons (Fsp3) is 0.836. The Morgan fingerprint density at radius 2 is 1.19 bits per heavy atom. The molecule has 25 nitrogen and oxygen atoms in total. The summed E-state index contributed by atoms with van der Waals surface area (Å²) in [5.74, 6) is -15.9. The molecular formula is C73H114F8N12O13. The average Bonchev–Trinajstić information content (AvgIpc) is 1.66. The maximum Gasteiger partial charge on any atom is 0.397 e. The fourth-order valence-corrected chi connectivity index (χ4v) is 16.9. The number of hydrogen-bond donors (Lipinski definition) is 3. The lowest BCUT2D eigenvalue weighted by atomic mass is 9.76. The quantitative estimate of drug-likeness (QED) is 0.191. The molecule has 0 aromatic carbocycles. The Morgan fingerprint density at radius 3 is 1.76 bits per heavy atom. The second-order valence-electron chi connectivity index (χ2n) is 31.4. The summed E-state index contributed by atoms with van der Waals surface area (Å²) >= 11 is 0. The van der Waals surface area contributed by atoms with E-state index in [4.69, 9.17) is 4.74 Å². The van der Waals surface area contributed by atoms with Crippen LogP contribution in [0.1, 0.15) is 182 Å². The minimum absolute atomic E-state index is 0.0272. The van der Waals surface area contributed by atoms with Crippen LogP contribution in [-0.4, -0.2) is 289 Å². The second kappa shape index (κ2) is 37.4. The first-order chi connectivity index (χ1) is 49.7. The fourth-order valence-electron chi connectivity index (χ4n) is 16.9. The smallest absolute Gasteiger partial charge is 0.377 e. The van der Waals surface area contributed by atoms with E-state index in [1.807, 2.05) is 0 Å². The highest BCUT2D eigenvalue weighted by atomic mass is 19.4. The first-order valence-electron chi connectivity index (χ1n) is 38.1. The molecule has 3 heterocycles. The van der Waals surface area contributed by atoms with Crippen LogP contribution in [0.4, 0.5) is 35.1 Å². The van der Waals surface area contributed by atoms with E-state index in [0.29, 0.717) is 75.0 Å². The van der Waals surface area contributed by atoms with E-state index in [0.717, 1.165) is 55.7 Å². The van der Waals surface area contributed by atoms with Crippen LogP contribution >= 0.6 is 0 Å². The number of nitrogens with zero attached hydrogens (tertiary/aromatic N) is 9. The van der Waals surface area contributed by atoms with E-state index < -0.39 is 225 Å². The van der Waals surface area contributed by atoms with E-state index in [1.165, 1.54) is 59.0 Å². The van der Waals surface area contributed by atoms with Crippen molar-refractivity contribution in [3.05, 3.63) is 0 Å². The zero-order chi connectivity index (χ0) is 78.6. The number of carbonyl (C=O) groups is 12. The number of likely N-dealkylation sites (tertiary alicyclic amines) is 1. The summed E-state index contributed by atoms with van der Waals surface area (Å²) < 4.78 is 123. The van der Waals surface area contributed by atoms with Gasteiger partial charge in [-0.1, -0.05) is 85.0 Å². The summed E-state index contributed by atoms with van der Waals surface area (Å²) in [5, 5.41) is 8.05. The molecule has 7 aliphatic rings. The zero-order valence-electron chi connectivity index (χ0n) is 63.5. The maximum absolute atomic E-state index is 15.8. The van der Waals surface area contributed by atoms with Crippen LogP contribution < -0.4 is 16.0 Å². The predicted molar refractivity (Wildman–Crippen MR) is 372 cm³/mol. The van der Waals surface area contributed by atoms with Crippen molar-refractivity contribution in [2.75, 3.05) is 95.2 Å². The highest BCUT2D eigenvalue weighted by molar-refractivity contribution is 6.01. The number of likely N-dealkylation sites (N-methyl/N-ethyl adjacent to an activating group) is 7. The summed E-state index contributed by atoms with van der Waals surface area (Å²) in [5.41, 5.74) is -1.76. The number of carbonyl (C=O) groups excluding carboxylic acids is 12. The first kappa shape index (κ1) is 86.3. The summed E-state index contributed by atoms with van der Waals surface area (Å²) in [6.45, 7) is 4.96. The number of nitrogens with one attached hydrogen (secondary N) is 3. The Bertz CT molecular complexity index is 3100. The molecule has 2 unspecified atom stereocenters. The first-order valence-corrected chi connectivity index (χ1v) is 38.1. The number of amides is 12. The maximum atomic E-state index is 15.8. The van der Waals surface area contributed by atoms with Crippen LogP contribution in [0.15, 0.2) is 0 Å². The molecule has 7 rings (SSSR count). The Kier molecular flexibility index (Phi) is 30.5. The number of hydrogen-bond acceptors (Lipinski definition) is 13. The van der Waals surface area contributed by atoms with Gasteiger partial charge in [-0.05, 0) is 107 Å². The van der Waals surface area contributed by atoms with E-state index in [1.54, 1.807) is 13.8 Å². The van der Waals surface area contributed by atoms with Gasteiger partial charge in [0.25, 0.3) is 0 Å². The summed E-state index contributed by atoms with van der Waals surface area (Å²) in [7, 11) is 8.63. The Labute approximate surface area is 617 Å². The average molecular weight is 1520 g/mol. The molecule has 4 aliphatic carbocycles. The highest BCUT2D eigenvalue weighted by Gasteiger charge is 2.56. The molecule has 33 heteroatoms. The largest absolute Gasteiger partial charge is 0.397 e. The zero-order valence-corrected chi connectivity index (χ0v) is 63.5. The minimum atomic E-state index is -5.20. The number of ether oxygens (including phenoxy) is 1. The van der Waals surface area contributed by atoms with Crippen molar-refractivity contribution in [3.63, 3.8) is 0 Å². The van der Waals surface area contributed by atoms with E-state index >= 15 is 28.0 Å². The van der Waals surface area contributed by atoms with Crippen molar-refractivity contribution >= 4 is 70.9 Å². The number of alkyl halides is 8. The van der Waals surface area contributed by atoms with Crippen molar-refractivity contribution in [3.8, 4) is 0 Å². The third-order valence-corrected chi connectivity index (χ3v) is 23.7. The molecular weight excluding hydrogens is 1400 g/mol. The van der Waals surface area contributed by atoms with Gasteiger partial charge < -0.3 is 64.8 Å². The summed E-state index contributed by atoms with van der Waals surface area (Å²) in [6, 6.07) is -11.5. The van der Waals surface area contributed by atoms with Gasteiger partial charge in [-0.15, -0.1) is 0 Å². The van der Waals surface area contributed by atoms with Crippen molar-refractivity contribution in [2.24, 2.45) is 35.5 Å². The molecule has 12 amide bonds. The van der Waals surface area contributed by atoms with Gasteiger partial charge in [-0.2, -0.15) is 26.3 Å². The van der Waals surface area contributed by atoms with Gasteiger partial charge >= 0.3 is 12.4 Å². The molecule has 600 valence electrons. The molecule has 1 spiro atoms. The van der Waals surface area contributed by atoms with Crippen molar-refractivity contribution in [1.82, 2.24) is 60.0 Å². The number of fused-ring (bicyclic) bond motifs is 1. The monoisotopic (exact) mass is 1520 g/mol. The van der Waals surface area contributed by atoms with E-state index in [-0.39, 0.29) is 70.7 Å². The Morgan fingerprint density at radius 1 is 0.604 bits per heavy atom. The third-order valence-electron chi connectivity index (χ3n) is 23.7. The van der Waals surface area contributed by atoms with E-state index in [2.05, 4.69) is 22.9 Å². The molecule has 0 bridgehead atoms. The molecule has 0 aromatic rings. The molecule has 11 atom stereocenters. The van der Waals surface area contributed by atoms with Crippen LogP contribution in [0.5, 0.6) is 0 Å². The molecule has 7 fully saturated rings. The number of rotatable bonds is 12. The van der Waals surface area contributed by atoms with Gasteiger partial charge in [-0.3, -0.25) is 57.5 Å². The second-order valence-corrected chi connectivity index (χ2v) is 31.4. The minimum Gasteiger partial charge on any atom is -0.377 e. The molecule has 106 heavy (non-hydrogen) atoms. The normalized spacial score (nSPS) is 31.7. The van der Waals surface area contributed by atoms with Crippen LogP contribution in [0.25, 0.3) is 0 Å². The predicted octanol–water partition coefficient (Wildman–Crippen LogP) is 5.94. The van der Waals surface area contributed by atoms with Gasteiger partial charge in [0.15, 0.2) is 0 Å². The summed E-state index contributed by atoms with van der Waals surface area (Å²) in [6.07, 6.45) is -13.7. The Hall–Kier alpha value is -6.96. The molecule has 3 saturated heterocycles. The lowest BCUT2D eigenvalue weighted by molar-refractivity contribution is -0.219. The van der Waals surface area contributed by atoms with Gasteiger partial charge in [0.1, 0.15) is 66.1 Å². The van der Waals surface area contributed by atoms with Crippen molar-refractivity contribution in [1.29, 1.82) is 0 Å². The van der Waals surface area contributed by atoms with Crippen molar-refractivity contribution < 1.29 is 97.4 Å². The lowest BCUT2D eigenvalue weighted by Gasteiger charge is -2.43. The molecule has 3 N–H and O–H groups in total. The van der Waals surface area contributed by atoms with Crippen molar-refractivity contribution in [2.45, 2.75) is 260 Å². The van der Waals surface area contributed by atoms with Gasteiger partial charge in [0, 0.05) is 82.0 Å². The number of halogens is 8.